The van der Waals surface area contributed by atoms with Crippen LogP contribution in [0.3, 0.4) is 0 Å². The van der Waals surface area contributed by atoms with E-state index in [0.29, 0.717) is 69.2 Å². The molecule has 0 aliphatic carbocycles. The van der Waals surface area contributed by atoms with Gasteiger partial charge in [-0.3, -0.25) is 19.3 Å². The summed E-state index contributed by atoms with van der Waals surface area (Å²) in [5, 5.41) is 0.607. The monoisotopic (exact) mass is 407 g/mol. The van der Waals surface area contributed by atoms with Gasteiger partial charge in [-0.2, -0.15) is 0 Å². The second-order valence-corrected chi connectivity index (χ2v) is 7.69. The molecule has 0 atom stereocenters. The molecule has 0 aromatic heterocycles. The largest absolute Gasteiger partial charge is 0.469 e. The molecule has 0 bridgehead atoms. The fraction of sp³-hybridized carbons (Fsp3) is 0.550. The van der Waals surface area contributed by atoms with E-state index in [1.54, 1.807) is 24.3 Å². The normalized spacial score (nSPS) is 18.8. The highest BCUT2D eigenvalue weighted by Gasteiger charge is 2.29. The van der Waals surface area contributed by atoms with E-state index in [0.717, 1.165) is 0 Å². The summed E-state index contributed by atoms with van der Waals surface area (Å²) in [7, 11) is 1.40. The van der Waals surface area contributed by atoms with Crippen LogP contribution in [0, 0.1) is 5.92 Å². The van der Waals surface area contributed by atoms with Crippen molar-refractivity contribution in [1.82, 2.24) is 14.7 Å². The van der Waals surface area contributed by atoms with Crippen molar-refractivity contribution in [2.24, 2.45) is 5.92 Å². The van der Waals surface area contributed by atoms with Crippen LogP contribution in [0.4, 0.5) is 0 Å². The van der Waals surface area contributed by atoms with E-state index in [1.807, 2.05) is 9.80 Å². The number of amides is 2. The maximum Gasteiger partial charge on any atom is 0.308 e. The van der Waals surface area contributed by atoms with E-state index < -0.39 is 0 Å². The Morgan fingerprint density at radius 1 is 0.964 bits per heavy atom. The summed E-state index contributed by atoms with van der Waals surface area (Å²) in [5.74, 6) is -0.210. The summed E-state index contributed by atoms with van der Waals surface area (Å²) in [6.45, 7) is 4.07. The topological polar surface area (TPSA) is 70.2 Å². The van der Waals surface area contributed by atoms with Crippen molar-refractivity contribution in [2.75, 3.05) is 52.9 Å². The number of piperidine rings is 1. The van der Waals surface area contributed by atoms with Gasteiger partial charge in [-0.25, -0.2) is 0 Å². The molecule has 3 rings (SSSR count). The van der Waals surface area contributed by atoms with Crippen LogP contribution >= 0.6 is 11.6 Å². The molecule has 2 saturated heterocycles. The van der Waals surface area contributed by atoms with Crippen LogP contribution in [0.5, 0.6) is 0 Å². The number of halogens is 1. The lowest BCUT2D eigenvalue weighted by Crippen LogP contribution is -2.52. The first-order chi connectivity index (χ1) is 13.5. The van der Waals surface area contributed by atoms with Gasteiger partial charge in [0.15, 0.2) is 0 Å². The number of ether oxygens (including phenoxy) is 1. The summed E-state index contributed by atoms with van der Waals surface area (Å²) in [6, 6.07) is 6.90. The van der Waals surface area contributed by atoms with Gasteiger partial charge in [-0.15, -0.1) is 0 Å². The molecule has 7 nitrogen and oxygen atoms in total. The highest BCUT2D eigenvalue weighted by molar-refractivity contribution is 6.30. The molecular weight excluding hydrogens is 382 g/mol. The number of carbonyl (C=O) groups is 3. The number of nitrogens with zero attached hydrogens (tertiary/aromatic N) is 3. The van der Waals surface area contributed by atoms with Crippen molar-refractivity contribution in [3.8, 4) is 0 Å². The van der Waals surface area contributed by atoms with Gasteiger partial charge in [0, 0.05) is 49.9 Å². The summed E-state index contributed by atoms with van der Waals surface area (Å²) >= 11 is 5.87. The van der Waals surface area contributed by atoms with Crippen LogP contribution in [0.1, 0.15) is 23.2 Å². The first-order valence-corrected chi connectivity index (χ1v) is 9.98. The van der Waals surface area contributed by atoms with Crippen molar-refractivity contribution in [3.05, 3.63) is 34.9 Å². The van der Waals surface area contributed by atoms with E-state index in [4.69, 9.17) is 16.3 Å². The number of carbonyl (C=O) groups excluding carboxylic acids is 3. The molecule has 2 heterocycles. The van der Waals surface area contributed by atoms with Gasteiger partial charge in [0.25, 0.3) is 5.91 Å². The highest BCUT2D eigenvalue weighted by atomic mass is 35.5. The van der Waals surface area contributed by atoms with Crippen LogP contribution in [-0.4, -0.2) is 85.4 Å². The molecule has 0 radical (unpaired) electrons. The molecule has 0 spiro atoms. The first-order valence-electron chi connectivity index (χ1n) is 9.60. The number of esters is 1. The lowest BCUT2D eigenvalue weighted by molar-refractivity contribution is -0.149. The van der Waals surface area contributed by atoms with Crippen LogP contribution in [0.15, 0.2) is 24.3 Å². The van der Waals surface area contributed by atoms with E-state index in [2.05, 4.69) is 4.90 Å². The van der Waals surface area contributed by atoms with Gasteiger partial charge in [0.05, 0.1) is 19.6 Å². The average Bonchev–Trinajstić information content (AvgIpc) is 2.74. The summed E-state index contributed by atoms with van der Waals surface area (Å²) < 4.78 is 4.78. The highest BCUT2D eigenvalue weighted by Crippen LogP contribution is 2.19. The van der Waals surface area contributed by atoms with Gasteiger partial charge in [-0.1, -0.05) is 11.6 Å². The standard InChI is InChI=1S/C20H26ClN3O4/c1-28-20(27)16-6-8-23(9-7-16)18(25)14-22-10-12-24(13-11-22)19(26)15-2-4-17(21)5-3-15/h2-5,16H,6-14H2,1H3. The minimum absolute atomic E-state index is 0.00692. The number of rotatable bonds is 4. The Kier molecular flexibility index (Phi) is 6.91. The Bertz CT molecular complexity index is 709. The molecule has 0 unspecified atom stereocenters. The quantitative estimate of drug-likeness (QED) is 0.707. The maximum atomic E-state index is 12.6. The van der Waals surface area contributed by atoms with Crippen molar-refractivity contribution in [3.63, 3.8) is 0 Å². The zero-order valence-electron chi connectivity index (χ0n) is 16.1. The number of likely N-dealkylation sites (tertiary alicyclic amines) is 1. The molecule has 2 amide bonds. The minimum Gasteiger partial charge on any atom is -0.469 e. The molecule has 1 aromatic rings. The van der Waals surface area contributed by atoms with Crippen molar-refractivity contribution in [2.45, 2.75) is 12.8 Å². The van der Waals surface area contributed by atoms with Gasteiger partial charge in [-0.05, 0) is 37.1 Å². The van der Waals surface area contributed by atoms with E-state index in [9.17, 15) is 14.4 Å². The smallest absolute Gasteiger partial charge is 0.308 e. The van der Waals surface area contributed by atoms with Crippen molar-refractivity contribution in [1.29, 1.82) is 0 Å². The minimum atomic E-state index is -0.187. The maximum absolute atomic E-state index is 12.6. The van der Waals surface area contributed by atoms with Gasteiger partial charge < -0.3 is 14.5 Å². The van der Waals surface area contributed by atoms with Gasteiger partial charge in [0.2, 0.25) is 5.91 Å². The number of hydrogen-bond acceptors (Lipinski definition) is 5. The Balaban J connectivity index is 1.43. The lowest BCUT2D eigenvalue weighted by Gasteiger charge is -2.36. The molecule has 28 heavy (non-hydrogen) atoms. The Morgan fingerprint density at radius 2 is 1.57 bits per heavy atom. The lowest BCUT2D eigenvalue weighted by atomic mass is 9.97. The van der Waals surface area contributed by atoms with Crippen molar-refractivity contribution < 1.29 is 19.1 Å². The first kappa shape index (κ1) is 20.6. The molecule has 152 valence electrons. The average molecular weight is 408 g/mol. The predicted molar refractivity (Wildman–Crippen MR) is 105 cm³/mol. The van der Waals surface area contributed by atoms with E-state index >= 15 is 0 Å². The summed E-state index contributed by atoms with van der Waals surface area (Å²) in [5.41, 5.74) is 0.627. The number of benzene rings is 1. The third-order valence-electron chi connectivity index (χ3n) is 5.49. The van der Waals surface area contributed by atoms with Gasteiger partial charge in [0.1, 0.15) is 0 Å². The second kappa shape index (κ2) is 9.39. The van der Waals surface area contributed by atoms with E-state index in [1.165, 1.54) is 7.11 Å². The number of methoxy groups -OCH3 is 1. The zero-order chi connectivity index (χ0) is 20.1. The molecule has 0 saturated carbocycles. The third kappa shape index (κ3) is 5.02. The predicted octanol–water partition coefficient (Wildman–Crippen LogP) is 1.51. The Hall–Kier alpha value is -2.12. The SMILES string of the molecule is COC(=O)C1CCN(C(=O)CN2CCN(C(=O)c3ccc(Cl)cc3)CC2)CC1. The van der Waals surface area contributed by atoms with Crippen LogP contribution in [0.25, 0.3) is 0 Å². The number of piperazine rings is 1. The zero-order valence-corrected chi connectivity index (χ0v) is 16.9. The molecular formula is C20H26ClN3O4. The Labute approximate surface area is 170 Å². The molecule has 2 aliphatic rings. The molecule has 2 aliphatic heterocycles. The van der Waals surface area contributed by atoms with E-state index in [-0.39, 0.29) is 23.7 Å². The Morgan fingerprint density at radius 3 is 2.14 bits per heavy atom. The van der Waals surface area contributed by atoms with Crippen LogP contribution < -0.4 is 0 Å². The molecule has 2 fully saturated rings. The summed E-state index contributed by atoms with van der Waals surface area (Å²) in [4.78, 5) is 42.4. The fourth-order valence-corrected chi connectivity index (χ4v) is 3.83. The second-order valence-electron chi connectivity index (χ2n) is 7.25. The molecule has 1 aromatic carbocycles. The fourth-order valence-electron chi connectivity index (χ4n) is 3.71. The molecule has 0 N–H and O–H groups in total. The van der Waals surface area contributed by atoms with Crippen LogP contribution in [0.2, 0.25) is 5.02 Å². The summed E-state index contributed by atoms with van der Waals surface area (Å²) in [6.07, 6.45) is 1.31. The van der Waals surface area contributed by atoms with Crippen LogP contribution in [-0.2, 0) is 14.3 Å². The third-order valence-corrected chi connectivity index (χ3v) is 5.74. The van der Waals surface area contributed by atoms with Gasteiger partial charge >= 0.3 is 5.97 Å². The van der Waals surface area contributed by atoms with Crippen molar-refractivity contribution >= 4 is 29.4 Å². The number of hydrogen-bond donors (Lipinski definition) is 0. The molecule has 8 heteroatoms.